The zero-order valence-corrected chi connectivity index (χ0v) is 12.1. The summed E-state index contributed by atoms with van der Waals surface area (Å²) in [4.78, 5) is 22.7. The smallest absolute Gasteiger partial charge is 0.316 e. The van der Waals surface area contributed by atoms with Crippen molar-refractivity contribution in [3.05, 3.63) is 29.1 Å². The van der Waals surface area contributed by atoms with Gasteiger partial charge in [0.25, 0.3) is 0 Å². The predicted octanol–water partition coefficient (Wildman–Crippen LogP) is 2.87. The van der Waals surface area contributed by atoms with Crippen LogP contribution in [0.15, 0.2) is 6.07 Å². The molecule has 116 valence electrons. The zero-order valence-electron chi connectivity index (χ0n) is 12.1. The van der Waals surface area contributed by atoms with E-state index in [-0.39, 0.29) is 6.61 Å². The van der Waals surface area contributed by atoms with Crippen molar-refractivity contribution in [2.24, 2.45) is 0 Å². The molecule has 1 aromatic carbocycles. The maximum absolute atomic E-state index is 14.3. The third kappa shape index (κ3) is 3.34. The fraction of sp³-hybridized carbons (Fsp3) is 0.429. The first-order valence-electron chi connectivity index (χ1n) is 6.16. The Kier molecular flexibility index (Phi) is 4.98. The summed E-state index contributed by atoms with van der Waals surface area (Å²) in [6.45, 7) is 5.10. The van der Waals surface area contributed by atoms with Gasteiger partial charge < -0.3 is 9.47 Å². The molecule has 0 atom stereocenters. The summed E-state index contributed by atoms with van der Waals surface area (Å²) < 4.78 is 50.5. The van der Waals surface area contributed by atoms with E-state index in [1.54, 1.807) is 6.92 Å². The molecule has 0 saturated heterocycles. The number of esters is 2. The van der Waals surface area contributed by atoms with Crippen LogP contribution in [0.1, 0.15) is 33.3 Å². The molecule has 0 spiro atoms. The Bertz CT molecular complexity index is 582. The molecule has 1 rings (SSSR count). The van der Waals surface area contributed by atoms with E-state index in [1.807, 2.05) is 0 Å². The van der Waals surface area contributed by atoms with Crippen LogP contribution in [-0.2, 0) is 19.7 Å². The van der Waals surface area contributed by atoms with Crippen molar-refractivity contribution in [2.45, 2.75) is 33.1 Å². The molecule has 0 saturated carbocycles. The number of carbonyl (C=O) groups is 2. The van der Waals surface area contributed by atoms with Gasteiger partial charge in [-0.3, -0.25) is 9.59 Å². The molecule has 0 aliphatic carbocycles. The Morgan fingerprint density at radius 1 is 1.19 bits per heavy atom. The van der Waals surface area contributed by atoms with E-state index in [4.69, 9.17) is 4.74 Å². The largest absolute Gasteiger partial charge is 0.465 e. The lowest BCUT2D eigenvalue weighted by Gasteiger charge is -2.24. The van der Waals surface area contributed by atoms with E-state index in [2.05, 4.69) is 4.74 Å². The second-order valence-corrected chi connectivity index (χ2v) is 4.80. The van der Waals surface area contributed by atoms with E-state index in [0.717, 1.165) is 6.92 Å². The molecule has 1 aromatic rings. The third-order valence-corrected chi connectivity index (χ3v) is 2.82. The van der Waals surface area contributed by atoms with Crippen LogP contribution in [0.2, 0.25) is 0 Å². The molecule has 7 heteroatoms. The standard InChI is InChI=1S/C14H15F3O4/c1-5-20-13(19)14(3,4)8-6-9(15)11(17)12(10(8)16)21-7(2)18/h6H,5H2,1-4H3. The summed E-state index contributed by atoms with van der Waals surface area (Å²) in [7, 11) is 0. The topological polar surface area (TPSA) is 52.6 Å². The highest BCUT2D eigenvalue weighted by Crippen LogP contribution is 2.35. The third-order valence-electron chi connectivity index (χ3n) is 2.82. The van der Waals surface area contributed by atoms with Crippen molar-refractivity contribution in [1.29, 1.82) is 0 Å². The Morgan fingerprint density at radius 2 is 1.76 bits per heavy atom. The van der Waals surface area contributed by atoms with Gasteiger partial charge >= 0.3 is 11.9 Å². The average molecular weight is 304 g/mol. The van der Waals surface area contributed by atoms with Gasteiger partial charge in [-0.05, 0) is 26.8 Å². The predicted molar refractivity (Wildman–Crippen MR) is 67.3 cm³/mol. The number of carbonyl (C=O) groups excluding carboxylic acids is 2. The van der Waals surface area contributed by atoms with Crippen LogP contribution in [0.4, 0.5) is 13.2 Å². The maximum atomic E-state index is 14.3. The van der Waals surface area contributed by atoms with E-state index < -0.39 is 46.1 Å². The van der Waals surface area contributed by atoms with Gasteiger partial charge in [-0.2, -0.15) is 4.39 Å². The summed E-state index contributed by atoms with van der Waals surface area (Å²) >= 11 is 0. The molecule has 0 radical (unpaired) electrons. The maximum Gasteiger partial charge on any atom is 0.316 e. The van der Waals surface area contributed by atoms with E-state index in [1.165, 1.54) is 13.8 Å². The number of rotatable bonds is 4. The number of halogens is 3. The molecule has 0 aliphatic heterocycles. The molecular formula is C14H15F3O4. The van der Waals surface area contributed by atoms with Gasteiger partial charge in [-0.15, -0.1) is 0 Å². The number of hydrogen-bond donors (Lipinski definition) is 0. The number of benzene rings is 1. The Morgan fingerprint density at radius 3 is 2.24 bits per heavy atom. The van der Waals surface area contributed by atoms with Crippen molar-refractivity contribution in [3.63, 3.8) is 0 Å². The van der Waals surface area contributed by atoms with Gasteiger partial charge in [-0.25, -0.2) is 8.78 Å². The number of ether oxygens (including phenoxy) is 2. The molecular weight excluding hydrogens is 289 g/mol. The van der Waals surface area contributed by atoms with Crippen molar-refractivity contribution in [1.82, 2.24) is 0 Å². The van der Waals surface area contributed by atoms with Gasteiger partial charge in [0.1, 0.15) is 0 Å². The van der Waals surface area contributed by atoms with Crippen LogP contribution in [0.3, 0.4) is 0 Å². The molecule has 0 aliphatic rings. The molecule has 0 bridgehead atoms. The van der Waals surface area contributed by atoms with Crippen molar-refractivity contribution in [2.75, 3.05) is 6.61 Å². The summed E-state index contributed by atoms with van der Waals surface area (Å²) in [6, 6.07) is 0.550. The lowest BCUT2D eigenvalue weighted by atomic mass is 9.84. The Labute approximate surface area is 119 Å². The molecule has 0 heterocycles. The first-order valence-corrected chi connectivity index (χ1v) is 6.16. The number of hydrogen-bond acceptors (Lipinski definition) is 4. The van der Waals surface area contributed by atoms with Gasteiger partial charge in [0.15, 0.2) is 11.6 Å². The SMILES string of the molecule is CCOC(=O)C(C)(C)c1cc(F)c(F)c(OC(C)=O)c1F. The van der Waals surface area contributed by atoms with Crippen molar-refractivity contribution < 1.29 is 32.2 Å². The van der Waals surface area contributed by atoms with Crippen LogP contribution in [-0.4, -0.2) is 18.5 Å². The minimum atomic E-state index is -1.63. The van der Waals surface area contributed by atoms with Gasteiger partial charge in [0.2, 0.25) is 11.6 Å². The molecule has 0 unspecified atom stereocenters. The first kappa shape index (κ1) is 17.0. The fourth-order valence-corrected chi connectivity index (χ4v) is 1.69. The van der Waals surface area contributed by atoms with Crippen molar-refractivity contribution >= 4 is 11.9 Å². The second-order valence-electron chi connectivity index (χ2n) is 4.80. The van der Waals surface area contributed by atoms with Crippen LogP contribution >= 0.6 is 0 Å². The van der Waals surface area contributed by atoms with E-state index in [0.29, 0.717) is 6.07 Å². The zero-order chi connectivity index (χ0) is 16.4. The van der Waals surface area contributed by atoms with Crippen molar-refractivity contribution in [3.8, 4) is 5.75 Å². The second kappa shape index (κ2) is 6.15. The van der Waals surface area contributed by atoms with Gasteiger partial charge in [-0.1, -0.05) is 0 Å². The van der Waals surface area contributed by atoms with Crippen LogP contribution < -0.4 is 4.74 Å². The van der Waals surface area contributed by atoms with E-state index in [9.17, 15) is 22.8 Å². The normalized spacial score (nSPS) is 11.2. The monoisotopic (exact) mass is 304 g/mol. The summed E-state index contributed by atoms with van der Waals surface area (Å²) in [5, 5.41) is 0. The van der Waals surface area contributed by atoms with E-state index >= 15 is 0 Å². The average Bonchev–Trinajstić information content (AvgIpc) is 2.38. The Balaban J connectivity index is 3.47. The van der Waals surface area contributed by atoms with Crippen LogP contribution in [0.25, 0.3) is 0 Å². The molecule has 0 N–H and O–H groups in total. The molecule has 21 heavy (non-hydrogen) atoms. The fourth-order valence-electron chi connectivity index (χ4n) is 1.69. The molecule has 4 nitrogen and oxygen atoms in total. The summed E-state index contributed by atoms with van der Waals surface area (Å²) in [5.41, 5.74) is -2.04. The molecule has 0 amide bonds. The Hall–Kier alpha value is -2.05. The lowest BCUT2D eigenvalue weighted by Crippen LogP contribution is -2.32. The minimum absolute atomic E-state index is 0.0460. The lowest BCUT2D eigenvalue weighted by molar-refractivity contribution is -0.148. The molecule has 0 fully saturated rings. The highest BCUT2D eigenvalue weighted by Gasteiger charge is 2.37. The molecule has 0 aromatic heterocycles. The highest BCUT2D eigenvalue weighted by atomic mass is 19.2. The quantitative estimate of drug-likeness (QED) is 0.487. The minimum Gasteiger partial charge on any atom is -0.465 e. The summed E-state index contributed by atoms with van der Waals surface area (Å²) in [5.74, 6) is -7.38. The summed E-state index contributed by atoms with van der Waals surface area (Å²) in [6.07, 6.45) is 0. The van der Waals surface area contributed by atoms with Gasteiger partial charge in [0.05, 0.1) is 12.0 Å². The van der Waals surface area contributed by atoms with Crippen LogP contribution in [0, 0.1) is 17.5 Å². The first-order chi connectivity index (χ1) is 9.62. The van der Waals surface area contributed by atoms with Crippen LogP contribution in [0.5, 0.6) is 5.75 Å². The highest BCUT2D eigenvalue weighted by molar-refractivity contribution is 5.82. The van der Waals surface area contributed by atoms with Gasteiger partial charge in [0, 0.05) is 12.5 Å².